The van der Waals surface area contributed by atoms with Crippen molar-refractivity contribution in [3.05, 3.63) is 71.0 Å². The molecule has 0 radical (unpaired) electrons. The van der Waals surface area contributed by atoms with E-state index in [0.29, 0.717) is 29.9 Å². The summed E-state index contributed by atoms with van der Waals surface area (Å²) in [5, 5.41) is 0. The summed E-state index contributed by atoms with van der Waals surface area (Å²) in [6.45, 7) is 0.618. The van der Waals surface area contributed by atoms with Crippen molar-refractivity contribution >= 4 is 18.0 Å². The van der Waals surface area contributed by atoms with Crippen LogP contribution < -0.4 is 4.74 Å². The van der Waals surface area contributed by atoms with Crippen LogP contribution in [-0.2, 0) is 20.9 Å². The molecule has 0 spiro atoms. The molecule has 2 aromatic carbocycles. The molecule has 2 saturated heterocycles. The largest absolute Gasteiger partial charge is 0.497 e. The first-order valence-electron chi connectivity index (χ1n) is 8.70. The van der Waals surface area contributed by atoms with Gasteiger partial charge in [-0.1, -0.05) is 30.3 Å². The van der Waals surface area contributed by atoms with Gasteiger partial charge in [0, 0.05) is 0 Å². The van der Waals surface area contributed by atoms with E-state index >= 15 is 0 Å². The van der Waals surface area contributed by atoms with E-state index in [4.69, 9.17) is 14.2 Å². The molecule has 6 heteroatoms. The van der Waals surface area contributed by atoms with Crippen LogP contribution in [0.15, 0.2) is 54.3 Å². The van der Waals surface area contributed by atoms with Gasteiger partial charge in [-0.3, -0.25) is 9.69 Å². The number of benzene rings is 2. The molecule has 138 valence electrons. The third-order valence-corrected chi connectivity index (χ3v) is 4.66. The molecule has 1 unspecified atom stereocenters. The molecule has 1 atom stereocenters. The van der Waals surface area contributed by atoms with E-state index < -0.39 is 5.97 Å². The number of carbonyl (C=O) groups is 2. The number of ether oxygens (including phenoxy) is 3. The first-order chi connectivity index (χ1) is 13.1. The zero-order valence-corrected chi connectivity index (χ0v) is 14.9. The van der Waals surface area contributed by atoms with Gasteiger partial charge < -0.3 is 14.2 Å². The minimum absolute atomic E-state index is 0.0931. The van der Waals surface area contributed by atoms with Crippen molar-refractivity contribution in [2.75, 3.05) is 13.7 Å². The molecule has 6 nitrogen and oxygen atoms in total. The Morgan fingerprint density at radius 1 is 1.22 bits per heavy atom. The summed E-state index contributed by atoms with van der Waals surface area (Å²) in [5.41, 5.74) is 2.05. The highest BCUT2D eigenvalue weighted by molar-refractivity contribution is 5.94. The van der Waals surface area contributed by atoms with Crippen molar-refractivity contribution in [2.45, 2.75) is 19.3 Å². The summed E-state index contributed by atoms with van der Waals surface area (Å²) in [4.78, 5) is 25.7. The van der Waals surface area contributed by atoms with Gasteiger partial charge in [0.25, 0.3) is 0 Å². The Bertz CT molecular complexity index is 903. The summed E-state index contributed by atoms with van der Waals surface area (Å²) < 4.78 is 16.3. The van der Waals surface area contributed by atoms with Gasteiger partial charge in [0.2, 0.25) is 5.91 Å². The van der Waals surface area contributed by atoms with E-state index in [2.05, 4.69) is 0 Å². The van der Waals surface area contributed by atoms with Crippen molar-refractivity contribution in [3.8, 4) is 5.75 Å². The lowest BCUT2D eigenvalue weighted by Gasteiger charge is -2.30. The van der Waals surface area contributed by atoms with Crippen LogP contribution in [-0.4, -0.2) is 36.7 Å². The van der Waals surface area contributed by atoms with Gasteiger partial charge >= 0.3 is 5.97 Å². The maximum absolute atomic E-state index is 12.5. The molecule has 1 amide bonds. The minimum Gasteiger partial charge on any atom is -0.497 e. The van der Waals surface area contributed by atoms with Crippen LogP contribution in [0.5, 0.6) is 5.75 Å². The van der Waals surface area contributed by atoms with Crippen LogP contribution >= 0.6 is 0 Å². The topological polar surface area (TPSA) is 65.1 Å². The average molecular weight is 365 g/mol. The molecule has 4 rings (SSSR count). The van der Waals surface area contributed by atoms with Gasteiger partial charge in [0.05, 0.1) is 25.6 Å². The second-order valence-electron chi connectivity index (χ2n) is 6.42. The minimum atomic E-state index is -0.407. The molecule has 2 heterocycles. The van der Waals surface area contributed by atoms with Gasteiger partial charge in [-0.05, 0) is 35.4 Å². The smallest absolute Gasteiger partial charge is 0.339 e. The number of fused-ring (bicyclic) bond motifs is 1. The van der Waals surface area contributed by atoms with Gasteiger partial charge in [0.1, 0.15) is 18.1 Å². The SMILES string of the molecule is COc1ccc(COC(=O)c2ccccc2/C=C2\CN3C(=O)CC3O2)cc1. The van der Waals surface area contributed by atoms with Crippen molar-refractivity contribution in [1.82, 2.24) is 4.90 Å². The van der Waals surface area contributed by atoms with Crippen LogP contribution in [0.25, 0.3) is 6.08 Å². The molecule has 0 saturated carbocycles. The number of hydrogen-bond acceptors (Lipinski definition) is 5. The van der Waals surface area contributed by atoms with Gasteiger partial charge in [-0.25, -0.2) is 4.79 Å². The quantitative estimate of drug-likeness (QED) is 0.602. The third-order valence-electron chi connectivity index (χ3n) is 4.66. The fraction of sp³-hybridized carbons (Fsp3) is 0.238. The molecule has 0 aromatic heterocycles. The van der Waals surface area contributed by atoms with E-state index in [1.165, 1.54) is 0 Å². The normalized spacial score (nSPS) is 19.3. The van der Waals surface area contributed by atoms with Crippen molar-refractivity contribution in [1.29, 1.82) is 0 Å². The molecule has 0 bridgehead atoms. The van der Waals surface area contributed by atoms with E-state index in [1.807, 2.05) is 36.4 Å². The van der Waals surface area contributed by atoms with Crippen molar-refractivity contribution in [3.63, 3.8) is 0 Å². The summed E-state index contributed by atoms with van der Waals surface area (Å²) in [6.07, 6.45) is 2.07. The highest BCUT2D eigenvalue weighted by atomic mass is 16.5. The van der Waals surface area contributed by atoms with Crippen LogP contribution in [0.1, 0.15) is 27.9 Å². The fourth-order valence-electron chi connectivity index (χ4n) is 3.11. The zero-order chi connectivity index (χ0) is 18.8. The third kappa shape index (κ3) is 3.51. The number of nitrogens with zero attached hydrogens (tertiary/aromatic N) is 1. The lowest BCUT2D eigenvalue weighted by molar-refractivity contribution is -0.153. The Hall–Kier alpha value is -3.28. The average Bonchev–Trinajstić information content (AvgIpc) is 3.03. The number of hydrogen-bond donors (Lipinski definition) is 0. The Labute approximate surface area is 156 Å². The van der Waals surface area contributed by atoms with Crippen molar-refractivity contribution < 1.29 is 23.8 Å². The Kier molecular flexibility index (Phi) is 4.54. The van der Waals surface area contributed by atoms with Crippen LogP contribution in [0.3, 0.4) is 0 Å². The Balaban J connectivity index is 1.45. The second kappa shape index (κ2) is 7.15. The molecule has 27 heavy (non-hydrogen) atoms. The molecule has 2 aliphatic heterocycles. The van der Waals surface area contributed by atoms with Crippen LogP contribution in [0.2, 0.25) is 0 Å². The summed E-state index contributed by atoms with van der Waals surface area (Å²) in [7, 11) is 1.60. The summed E-state index contributed by atoms with van der Waals surface area (Å²) in [5.74, 6) is 1.12. The maximum atomic E-state index is 12.5. The van der Waals surface area contributed by atoms with E-state index in [1.54, 1.807) is 30.2 Å². The van der Waals surface area contributed by atoms with Gasteiger partial charge in [-0.15, -0.1) is 0 Å². The number of carbonyl (C=O) groups excluding carboxylic acids is 2. The van der Waals surface area contributed by atoms with Crippen molar-refractivity contribution in [2.24, 2.45) is 0 Å². The predicted octanol–water partition coefficient (Wildman–Crippen LogP) is 2.98. The molecular weight excluding hydrogens is 346 g/mol. The number of methoxy groups -OCH3 is 1. The second-order valence-corrected chi connectivity index (χ2v) is 6.42. The van der Waals surface area contributed by atoms with E-state index in [0.717, 1.165) is 11.3 Å². The molecule has 0 N–H and O–H groups in total. The monoisotopic (exact) mass is 365 g/mol. The Morgan fingerprint density at radius 3 is 2.70 bits per heavy atom. The lowest BCUT2D eigenvalue weighted by atomic mass is 10.1. The molecule has 2 fully saturated rings. The molecule has 2 aliphatic rings. The number of amides is 1. The highest BCUT2D eigenvalue weighted by Crippen LogP contribution is 2.32. The van der Waals surface area contributed by atoms with E-state index in [-0.39, 0.29) is 18.7 Å². The molecule has 2 aromatic rings. The molecule has 0 aliphatic carbocycles. The van der Waals surface area contributed by atoms with Crippen LogP contribution in [0.4, 0.5) is 0 Å². The molecular formula is C21H19NO5. The zero-order valence-electron chi connectivity index (χ0n) is 14.9. The summed E-state index contributed by atoms with van der Waals surface area (Å²) in [6, 6.07) is 14.5. The first-order valence-corrected chi connectivity index (χ1v) is 8.70. The maximum Gasteiger partial charge on any atom is 0.339 e. The van der Waals surface area contributed by atoms with Gasteiger partial charge in [-0.2, -0.15) is 0 Å². The van der Waals surface area contributed by atoms with E-state index in [9.17, 15) is 9.59 Å². The number of β-lactam (4-membered cyclic amide) rings is 1. The fourth-order valence-corrected chi connectivity index (χ4v) is 3.11. The Morgan fingerprint density at radius 2 is 2.00 bits per heavy atom. The van der Waals surface area contributed by atoms with Gasteiger partial charge in [0.15, 0.2) is 6.23 Å². The van der Waals surface area contributed by atoms with Crippen LogP contribution in [0, 0.1) is 0 Å². The lowest BCUT2D eigenvalue weighted by Crippen LogP contribution is -2.48. The number of esters is 1. The standard InChI is InChI=1S/C21H19NO5/c1-25-16-8-6-14(7-9-16)13-26-21(24)18-5-3-2-4-15(18)10-17-12-22-19(23)11-20(22)27-17/h2-10,20H,11-13H2,1H3/b17-10+. The predicted molar refractivity (Wildman–Crippen MR) is 97.7 cm³/mol. The first kappa shape index (κ1) is 17.1. The number of rotatable bonds is 5. The summed E-state index contributed by atoms with van der Waals surface area (Å²) >= 11 is 0. The highest BCUT2D eigenvalue weighted by Gasteiger charge is 2.43.